The van der Waals surface area contributed by atoms with Gasteiger partial charge < -0.3 is 5.32 Å². The molecule has 2 nitrogen and oxygen atoms in total. The maximum atomic E-state index is 4.18. The van der Waals surface area contributed by atoms with Gasteiger partial charge in [-0.05, 0) is 23.9 Å². The molecule has 2 heteroatoms. The number of rotatable bonds is 1. The topological polar surface area (TPSA) is 24.9 Å². The Morgan fingerprint density at radius 3 is 2.77 bits per heavy atom. The summed E-state index contributed by atoms with van der Waals surface area (Å²) in [4.78, 5) is 4.18. The maximum Gasteiger partial charge on any atom is 0.0433 e. The smallest absolute Gasteiger partial charge is 0.0433 e. The first kappa shape index (κ1) is 8.05. The van der Waals surface area contributed by atoms with E-state index >= 15 is 0 Å². The molecule has 0 radical (unpaired) electrons. The van der Waals surface area contributed by atoms with E-state index in [4.69, 9.17) is 0 Å². The minimum atomic E-state index is 1.13. The molecule has 0 aliphatic heterocycles. The van der Waals surface area contributed by atoms with Crippen LogP contribution >= 0.6 is 0 Å². The van der Waals surface area contributed by atoms with Crippen molar-refractivity contribution in [3.05, 3.63) is 36.2 Å². The van der Waals surface area contributed by atoms with Crippen LogP contribution in [-0.2, 0) is 0 Å². The van der Waals surface area contributed by atoms with Crippen LogP contribution in [0.3, 0.4) is 0 Å². The summed E-state index contributed by atoms with van der Waals surface area (Å²) in [7, 11) is 1.93. The number of aryl methyl sites for hydroxylation is 1. The molecule has 1 aromatic heterocycles. The SMILES string of the molecule is CNc1cccc2c(C)cncc12. The molecule has 0 saturated heterocycles. The van der Waals surface area contributed by atoms with Crippen LogP contribution in [0, 0.1) is 6.92 Å². The molecule has 0 bridgehead atoms. The van der Waals surface area contributed by atoms with Gasteiger partial charge in [0.2, 0.25) is 0 Å². The summed E-state index contributed by atoms with van der Waals surface area (Å²) in [6.07, 6.45) is 3.79. The zero-order valence-electron chi connectivity index (χ0n) is 7.83. The van der Waals surface area contributed by atoms with E-state index in [9.17, 15) is 0 Å². The van der Waals surface area contributed by atoms with Gasteiger partial charge in [0.15, 0.2) is 0 Å². The molecule has 0 atom stereocenters. The van der Waals surface area contributed by atoms with Crippen LogP contribution in [-0.4, -0.2) is 12.0 Å². The van der Waals surface area contributed by atoms with E-state index in [1.54, 1.807) is 0 Å². The lowest BCUT2D eigenvalue weighted by Gasteiger charge is -2.06. The van der Waals surface area contributed by atoms with Crippen molar-refractivity contribution in [3.8, 4) is 0 Å². The number of nitrogens with one attached hydrogen (secondary N) is 1. The highest BCUT2D eigenvalue weighted by Crippen LogP contribution is 2.23. The van der Waals surface area contributed by atoms with Crippen molar-refractivity contribution >= 4 is 16.5 Å². The zero-order valence-corrected chi connectivity index (χ0v) is 7.83. The average molecular weight is 172 g/mol. The molecule has 1 heterocycles. The number of nitrogens with zero attached hydrogens (tertiary/aromatic N) is 1. The van der Waals surface area contributed by atoms with Gasteiger partial charge in [0.05, 0.1) is 0 Å². The lowest BCUT2D eigenvalue weighted by molar-refractivity contribution is 1.31. The van der Waals surface area contributed by atoms with E-state index in [1.165, 1.54) is 16.3 Å². The number of anilines is 1. The fourth-order valence-corrected chi connectivity index (χ4v) is 1.56. The van der Waals surface area contributed by atoms with E-state index in [0.29, 0.717) is 0 Å². The molecule has 66 valence electrons. The molecule has 0 unspecified atom stereocenters. The van der Waals surface area contributed by atoms with Crippen molar-refractivity contribution in [1.82, 2.24) is 4.98 Å². The summed E-state index contributed by atoms with van der Waals surface area (Å²) in [5.74, 6) is 0. The van der Waals surface area contributed by atoms with Gasteiger partial charge >= 0.3 is 0 Å². The highest BCUT2D eigenvalue weighted by Gasteiger charge is 2.00. The Kier molecular flexibility index (Phi) is 1.89. The molecule has 2 aromatic rings. The van der Waals surface area contributed by atoms with Gasteiger partial charge in [0, 0.05) is 30.5 Å². The summed E-state index contributed by atoms with van der Waals surface area (Å²) in [5.41, 5.74) is 2.35. The third kappa shape index (κ3) is 1.24. The predicted molar refractivity (Wildman–Crippen MR) is 56.0 cm³/mol. The number of pyridine rings is 1. The second kappa shape index (κ2) is 3.05. The van der Waals surface area contributed by atoms with Crippen LogP contribution in [0.15, 0.2) is 30.6 Å². The number of fused-ring (bicyclic) bond motifs is 1. The monoisotopic (exact) mass is 172 g/mol. The number of hydrogen-bond acceptors (Lipinski definition) is 2. The second-order valence-corrected chi connectivity index (χ2v) is 3.11. The van der Waals surface area contributed by atoms with Crippen molar-refractivity contribution in [2.75, 3.05) is 12.4 Å². The first-order valence-corrected chi connectivity index (χ1v) is 4.34. The Hall–Kier alpha value is -1.57. The molecule has 0 aliphatic rings. The Bertz CT molecular complexity index is 435. The van der Waals surface area contributed by atoms with Crippen molar-refractivity contribution in [1.29, 1.82) is 0 Å². The molecule has 13 heavy (non-hydrogen) atoms. The van der Waals surface area contributed by atoms with Crippen molar-refractivity contribution in [2.45, 2.75) is 6.92 Å². The lowest BCUT2D eigenvalue weighted by Crippen LogP contribution is -1.90. The normalized spacial score (nSPS) is 10.3. The Labute approximate surface area is 77.6 Å². The van der Waals surface area contributed by atoms with E-state index in [1.807, 2.05) is 19.4 Å². The number of hydrogen-bond donors (Lipinski definition) is 1. The average Bonchev–Trinajstić information content (AvgIpc) is 2.18. The molecule has 0 spiro atoms. The number of benzene rings is 1. The second-order valence-electron chi connectivity index (χ2n) is 3.11. The zero-order chi connectivity index (χ0) is 9.26. The molecule has 1 aromatic carbocycles. The highest BCUT2D eigenvalue weighted by molar-refractivity contribution is 5.94. The summed E-state index contributed by atoms with van der Waals surface area (Å²) in [6, 6.07) is 6.23. The summed E-state index contributed by atoms with van der Waals surface area (Å²) in [6.45, 7) is 2.08. The first-order chi connectivity index (χ1) is 6.33. The molecule has 1 N–H and O–H groups in total. The lowest BCUT2D eigenvalue weighted by atomic mass is 10.1. The van der Waals surface area contributed by atoms with Gasteiger partial charge in [0.1, 0.15) is 0 Å². The predicted octanol–water partition coefficient (Wildman–Crippen LogP) is 2.58. The largest absolute Gasteiger partial charge is 0.388 e. The summed E-state index contributed by atoms with van der Waals surface area (Å²) < 4.78 is 0. The van der Waals surface area contributed by atoms with Crippen LogP contribution < -0.4 is 5.32 Å². The molecule has 0 amide bonds. The van der Waals surface area contributed by atoms with E-state index < -0.39 is 0 Å². The minimum Gasteiger partial charge on any atom is -0.388 e. The molecule has 0 aliphatic carbocycles. The van der Waals surface area contributed by atoms with E-state index in [-0.39, 0.29) is 0 Å². The van der Waals surface area contributed by atoms with Crippen LogP contribution in [0.2, 0.25) is 0 Å². The van der Waals surface area contributed by atoms with Gasteiger partial charge in [-0.1, -0.05) is 12.1 Å². The van der Waals surface area contributed by atoms with Crippen LogP contribution in [0.4, 0.5) is 5.69 Å². The Morgan fingerprint density at radius 1 is 1.15 bits per heavy atom. The standard InChI is InChI=1S/C11H12N2/c1-8-6-13-7-10-9(8)4-3-5-11(10)12-2/h3-7,12H,1-2H3. The van der Waals surface area contributed by atoms with E-state index in [2.05, 4.69) is 35.4 Å². The molecular formula is C11H12N2. The maximum absolute atomic E-state index is 4.18. The highest BCUT2D eigenvalue weighted by atomic mass is 14.8. The van der Waals surface area contributed by atoms with Gasteiger partial charge in [0.25, 0.3) is 0 Å². The molecule has 0 saturated carbocycles. The van der Waals surface area contributed by atoms with Crippen LogP contribution in [0.1, 0.15) is 5.56 Å². The van der Waals surface area contributed by atoms with Crippen molar-refractivity contribution in [3.63, 3.8) is 0 Å². The fourth-order valence-electron chi connectivity index (χ4n) is 1.56. The van der Waals surface area contributed by atoms with Crippen molar-refractivity contribution < 1.29 is 0 Å². The van der Waals surface area contributed by atoms with Crippen molar-refractivity contribution in [2.24, 2.45) is 0 Å². The molecule has 0 fully saturated rings. The van der Waals surface area contributed by atoms with Gasteiger partial charge in [-0.25, -0.2) is 0 Å². The Morgan fingerprint density at radius 2 is 2.00 bits per heavy atom. The van der Waals surface area contributed by atoms with Crippen LogP contribution in [0.25, 0.3) is 10.8 Å². The summed E-state index contributed by atoms with van der Waals surface area (Å²) >= 11 is 0. The fraction of sp³-hybridized carbons (Fsp3) is 0.182. The quantitative estimate of drug-likeness (QED) is 0.715. The molecule has 2 rings (SSSR count). The first-order valence-electron chi connectivity index (χ1n) is 4.34. The summed E-state index contributed by atoms with van der Waals surface area (Å²) in [5, 5.41) is 5.61. The van der Waals surface area contributed by atoms with E-state index in [0.717, 1.165) is 5.69 Å². The third-order valence-electron chi connectivity index (χ3n) is 2.27. The minimum absolute atomic E-state index is 1.13. The van der Waals surface area contributed by atoms with Crippen LogP contribution in [0.5, 0.6) is 0 Å². The van der Waals surface area contributed by atoms with Gasteiger partial charge in [-0.3, -0.25) is 4.98 Å². The molecular weight excluding hydrogens is 160 g/mol. The number of aromatic nitrogens is 1. The Balaban J connectivity index is 2.84. The van der Waals surface area contributed by atoms with Gasteiger partial charge in [-0.15, -0.1) is 0 Å². The van der Waals surface area contributed by atoms with Gasteiger partial charge in [-0.2, -0.15) is 0 Å². The third-order valence-corrected chi connectivity index (χ3v) is 2.27.